The van der Waals surface area contributed by atoms with Crippen LogP contribution in [-0.2, 0) is 11.8 Å². The molecule has 0 aliphatic carbocycles. The minimum absolute atomic E-state index is 0.311. The first kappa shape index (κ1) is 10.8. The van der Waals surface area contributed by atoms with Gasteiger partial charge in [0.2, 0.25) is 0 Å². The Balaban J connectivity index is 2.75. The minimum atomic E-state index is 0.311. The predicted octanol–water partition coefficient (Wildman–Crippen LogP) is 4.24. The summed E-state index contributed by atoms with van der Waals surface area (Å²) in [4.78, 5) is 1.53. The minimum Gasteiger partial charge on any atom is -0.149 e. The van der Waals surface area contributed by atoms with Crippen molar-refractivity contribution in [1.82, 2.24) is 0 Å². The average Bonchev–Trinajstić information content (AvgIpc) is 2.32. The van der Waals surface area contributed by atoms with Crippen LogP contribution in [0.2, 0.25) is 0 Å². The monoisotopic (exact) mass is 196 g/mol. The Kier molecular flexibility index (Phi) is 3.18. The van der Waals surface area contributed by atoms with Crippen molar-refractivity contribution in [3.63, 3.8) is 0 Å². The van der Waals surface area contributed by atoms with Gasteiger partial charge >= 0.3 is 0 Å². The first-order valence-electron chi connectivity index (χ1n) is 4.97. The van der Waals surface area contributed by atoms with E-state index in [1.165, 1.54) is 16.9 Å². The second kappa shape index (κ2) is 3.83. The first-order chi connectivity index (χ1) is 5.89. The van der Waals surface area contributed by atoms with E-state index in [0.717, 1.165) is 5.92 Å². The molecule has 1 heterocycles. The molecule has 1 heteroatoms. The van der Waals surface area contributed by atoms with E-state index in [2.05, 4.69) is 46.1 Å². The lowest BCUT2D eigenvalue weighted by molar-refractivity contribution is 0.590. The Morgan fingerprint density at radius 1 is 1.31 bits per heavy atom. The quantitative estimate of drug-likeness (QED) is 0.663. The zero-order valence-corrected chi connectivity index (χ0v) is 10.2. The fourth-order valence-electron chi connectivity index (χ4n) is 1.28. The molecule has 0 aromatic carbocycles. The maximum Gasteiger partial charge on any atom is 0.00508 e. The van der Waals surface area contributed by atoms with Crippen LogP contribution in [0, 0.1) is 5.92 Å². The van der Waals surface area contributed by atoms with Crippen molar-refractivity contribution in [2.45, 2.75) is 46.5 Å². The molecule has 0 atom stereocenters. The van der Waals surface area contributed by atoms with Gasteiger partial charge in [0, 0.05) is 4.88 Å². The van der Waals surface area contributed by atoms with Crippen LogP contribution in [0.25, 0.3) is 0 Å². The van der Waals surface area contributed by atoms with Crippen LogP contribution < -0.4 is 0 Å². The Bertz CT molecular complexity index is 263. The molecular formula is C12H20S. The highest BCUT2D eigenvalue weighted by molar-refractivity contribution is 7.10. The maximum atomic E-state index is 2.37. The summed E-state index contributed by atoms with van der Waals surface area (Å²) < 4.78 is 0. The van der Waals surface area contributed by atoms with Crippen LogP contribution in [0.1, 0.15) is 45.1 Å². The highest BCUT2D eigenvalue weighted by Crippen LogP contribution is 2.28. The molecule has 0 spiro atoms. The Hall–Kier alpha value is -0.300. The van der Waals surface area contributed by atoms with E-state index in [1.54, 1.807) is 0 Å². The van der Waals surface area contributed by atoms with Crippen LogP contribution in [0.15, 0.2) is 11.4 Å². The summed E-state index contributed by atoms with van der Waals surface area (Å²) in [6, 6.07) is 2.37. The molecule has 0 saturated heterocycles. The van der Waals surface area contributed by atoms with Crippen molar-refractivity contribution in [3.8, 4) is 0 Å². The fourth-order valence-corrected chi connectivity index (χ4v) is 2.61. The molecule has 0 unspecified atom stereocenters. The van der Waals surface area contributed by atoms with E-state index < -0.39 is 0 Å². The summed E-state index contributed by atoms with van der Waals surface area (Å²) >= 11 is 1.90. The highest BCUT2D eigenvalue weighted by atomic mass is 32.1. The van der Waals surface area contributed by atoms with Gasteiger partial charge in [-0.1, -0.05) is 34.6 Å². The van der Waals surface area contributed by atoms with Crippen molar-refractivity contribution in [1.29, 1.82) is 0 Å². The lowest BCUT2D eigenvalue weighted by atomic mass is 9.89. The molecule has 0 N–H and O–H groups in total. The van der Waals surface area contributed by atoms with Gasteiger partial charge in [-0.15, -0.1) is 11.3 Å². The topological polar surface area (TPSA) is 0 Å². The van der Waals surface area contributed by atoms with E-state index in [9.17, 15) is 0 Å². The first-order valence-corrected chi connectivity index (χ1v) is 5.85. The average molecular weight is 196 g/mol. The van der Waals surface area contributed by atoms with Crippen molar-refractivity contribution in [3.05, 3.63) is 21.9 Å². The molecule has 1 aromatic heterocycles. The fraction of sp³-hybridized carbons (Fsp3) is 0.667. The number of thiophene rings is 1. The summed E-state index contributed by atoms with van der Waals surface area (Å²) in [6.07, 6.45) is 1.22. The summed E-state index contributed by atoms with van der Waals surface area (Å²) in [5, 5.41) is 2.30. The van der Waals surface area contributed by atoms with Crippen LogP contribution in [0.4, 0.5) is 0 Å². The zero-order chi connectivity index (χ0) is 10.1. The standard InChI is InChI=1S/C12H20S/c1-9(2)6-11-7-10(8-13-11)12(3,4)5/h7-9H,6H2,1-5H3. The van der Waals surface area contributed by atoms with Crippen molar-refractivity contribution >= 4 is 11.3 Å². The molecule has 13 heavy (non-hydrogen) atoms. The summed E-state index contributed by atoms with van der Waals surface area (Å²) in [7, 11) is 0. The molecule has 0 nitrogen and oxygen atoms in total. The Morgan fingerprint density at radius 2 is 1.92 bits per heavy atom. The van der Waals surface area contributed by atoms with Gasteiger partial charge in [0.05, 0.1) is 0 Å². The SMILES string of the molecule is CC(C)Cc1cc(C(C)(C)C)cs1. The van der Waals surface area contributed by atoms with Crippen LogP contribution >= 0.6 is 11.3 Å². The molecule has 0 bridgehead atoms. The molecule has 0 aliphatic heterocycles. The highest BCUT2D eigenvalue weighted by Gasteiger charge is 2.15. The van der Waals surface area contributed by atoms with Gasteiger partial charge in [0.15, 0.2) is 0 Å². The van der Waals surface area contributed by atoms with Crippen LogP contribution in [0.5, 0.6) is 0 Å². The smallest absolute Gasteiger partial charge is 0.00508 e. The Labute approximate surface area is 86.0 Å². The largest absolute Gasteiger partial charge is 0.149 e. The summed E-state index contributed by atoms with van der Waals surface area (Å²) in [5.41, 5.74) is 1.79. The lowest BCUT2D eigenvalue weighted by Gasteiger charge is -2.15. The molecular weight excluding hydrogens is 176 g/mol. The van der Waals surface area contributed by atoms with E-state index in [4.69, 9.17) is 0 Å². The third kappa shape index (κ3) is 3.15. The van der Waals surface area contributed by atoms with Gasteiger partial charge in [0.25, 0.3) is 0 Å². The van der Waals surface area contributed by atoms with Gasteiger partial charge in [0.1, 0.15) is 0 Å². The van der Waals surface area contributed by atoms with E-state index >= 15 is 0 Å². The van der Waals surface area contributed by atoms with Gasteiger partial charge < -0.3 is 0 Å². The third-order valence-corrected chi connectivity index (χ3v) is 3.09. The van der Waals surface area contributed by atoms with Gasteiger partial charge in [-0.2, -0.15) is 0 Å². The summed E-state index contributed by atoms with van der Waals surface area (Å²) in [5.74, 6) is 0.770. The second-order valence-electron chi connectivity index (χ2n) is 5.15. The van der Waals surface area contributed by atoms with Gasteiger partial charge in [-0.25, -0.2) is 0 Å². The van der Waals surface area contributed by atoms with Gasteiger partial charge in [-0.3, -0.25) is 0 Å². The van der Waals surface area contributed by atoms with Crippen LogP contribution in [-0.4, -0.2) is 0 Å². The number of hydrogen-bond acceptors (Lipinski definition) is 1. The molecule has 1 aromatic rings. The zero-order valence-electron chi connectivity index (χ0n) is 9.35. The Morgan fingerprint density at radius 3 is 2.31 bits per heavy atom. The van der Waals surface area contributed by atoms with Crippen molar-refractivity contribution in [2.75, 3.05) is 0 Å². The summed E-state index contributed by atoms with van der Waals surface area (Å²) in [6.45, 7) is 11.4. The van der Waals surface area contributed by atoms with E-state index in [0.29, 0.717) is 5.41 Å². The maximum absolute atomic E-state index is 2.37. The van der Waals surface area contributed by atoms with E-state index in [1.807, 2.05) is 11.3 Å². The van der Waals surface area contributed by atoms with Crippen molar-refractivity contribution in [2.24, 2.45) is 5.92 Å². The molecule has 0 amide bonds. The van der Waals surface area contributed by atoms with Gasteiger partial charge in [-0.05, 0) is 34.8 Å². The molecule has 74 valence electrons. The molecule has 0 saturated carbocycles. The molecule has 0 fully saturated rings. The third-order valence-electron chi connectivity index (χ3n) is 2.13. The second-order valence-corrected chi connectivity index (χ2v) is 6.15. The van der Waals surface area contributed by atoms with E-state index in [-0.39, 0.29) is 0 Å². The number of hydrogen-bond donors (Lipinski definition) is 0. The molecule has 0 aliphatic rings. The van der Waals surface area contributed by atoms with Crippen molar-refractivity contribution < 1.29 is 0 Å². The lowest BCUT2D eigenvalue weighted by Crippen LogP contribution is -2.09. The predicted molar refractivity (Wildman–Crippen MR) is 61.6 cm³/mol. The molecule has 0 radical (unpaired) electrons. The molecule has 1 rings (SSSR count). The van der Waals surface area contributed by atoms with Crippen LogP contribution in [0.3, 0.4) is 0 Å². The normalized spacial score (nSPS) is 12.5. The number of rotatable bonds is 2.